The van der Waals surface area contributed by atoms with E-state index in [-0.39, 0.29) is 0 Å². The average Bonchev–Trinajstić information content (AvgIpc) is 2.37. The van der Waals surface area contributed by atoms with Gasteiger partial charge in [-0.2, -0.15) is 0 Å². The molecule has 0 heterocycles. The highest BCUT2D eigenvalue weighted by Gasteiger charge is 2.22. The summed E-state index contributed by atoms with van der Waals surface area (Å²) in [6.45, 7) is 12.5. The second-order valence-electron chi connectivity index (χ2n) is 6.44. The predicted octanol–water partition coefficient (Wildman–Crippen LogP) is 3.90. The first-order valence-electron chi connectivity index (χ1n) is 7.22. The van der Waals surface area contributed by atoms with Crippen LogP contribution in [0.25, 0.3) is 0 Å². The van der Waals surface area contributed by atoms with Gasteiger partial charge < -0.3 is 10.1 Å². The predicted molar refractivity (Wildman–Crippen MR) is 82.8 cm³/mol. The lowest BCUT2D eigenvalue weighted by atomic mass is 9.81. The van der Waals surface area contributed by atoms with Crippen molar-refractivity contribution in [3.63, 3.8) is 0 Å². The third kappa shape index (κ3) is 4.87. The quantitative estimate of drug-likeness (QED) is 0.805. The van der Waals surface area contributed by atoms with Gasteiger partial charge in [0.05, 0.1) is 7.11 Å². The van der Waals surface area contributed by atoms with E-state index in [1.54, 1.807) is 7.11 Å². The van der Waals surface area contributed by atoms with E-state index in [2.05, 4.69) is 52.1 Å². The standard InChI is InChI=1S/C17H29NO/c1-13(2)17(4,5)12-18-14(3)11-15-9-7-8-10-16(15)19-6/h7-10,13-14,18H,11-12H2,1-6H3. The molecule has 0 fully saturated rings. The smallest absolute Gasteiger partial charge is 0.122 e. The molecule has 2 nitrogen and oxygen atoms in total. The molecule has 0 aliphatic heterocycles. The molecule has 2 heteroatoms. The molecule has 1 aromatic carbocycles. The molecule has 0 spiro atoms. The van der Waals surface area contributed by atoms with Crippen LogP contribution in [0.1, 0.15) is 40.2 Å². The van der Waals surface area contributed by atoms with Crippen molar-refractivity contribution in [3.8, 4) is 5.75 Å². The van der Waals surface area contributed by atoms with Crippen molar-refractivity contribution in [2.24, 2.45) is 11.3 Å². The Labute approximate surface area is 118 Å². The molecular formula is C17H29NO. The minimum atomic E-state index is 0.328. The van der Waals surface area contributed by atoms with Gasteiger partial charge in [-0.3, -0.25) is 0 Å². The van der Waals surface area contributed by atoms with Gasteiger partial charge in [0.1, 0.15) is 5.75 Å². The Morgan fingerprint density at radius 3 is 2.37 bits per heavy atom. The maximum absolute atomic E-state index is 5.40. The Bertz CT molecular complexity index is 385. The van der Waals surface area contributed by atoms with Crippen molar-refractivity contribution >= 4 is 0 Å². The third-order valence-corrected chi connectivity index (χ3v) is 4.19. The molecule has 1 rings (SSSR count). The van der Waals surface area contributed by atoms with Crippen LogP contribution in [-0.4, -0.2) is 19.7 Å². The molecule has 0 saturated carbocycles. The van der Waals surface area contributed by atoms with Gasteiger partial charge in [-0.1, -0.05) is 45.9 Å². The number of ether oxygens (including phenoxy) is 1. The second kappa shape index (κ2) is 6.95. The van der Waals surface area contributed by atoms with Gasteiger partial charge in [-0.05, 0) is 36.3 Å². The Hall–Kier alpha value is -1.02. The van der Waals surface area contributed by atoms with Crippen molar-refractivity contribution in [1.29, 1.82) is 0 Å². The molecule has 1 N–H and O–H groups in total. The van der Waals surface area contributed by atoms with Gasteiger partial charge in [0.15, 0.2) is 0 Å². The SMILES string of the molecule is COc1ccccc1CC(C)NCC(C)(C)C(C)C. The first kappa shape index (κ1) is 16.0. The lowest BCUT2D eigenvalue weighted by Gasteiger charge is -2.31. The molecule has 19 heavy (non-hydrogen) atoms. The molecule has 1 aromatic rings. The Balaban J connectivity index is 2.54. The normalized spacial score (nSPS) is 13.6. The van der Waals surface area contributed by atoms with Gasteiger partial charge in [0.2, 0.25) is 0 Å². The fourth-order valence-corrected chi connectivity index (χ4v) is 1.92. The number of hydrogen-bond acceptors (Lipinski definition) is 2. The number of para-hydroxylation sites is 1. The van der Waals surface area contributed by atoms with Crippen LogP contribution in [0.5, 0.6) is 5.75 Å². The van der Waals surface area contributed by atoms with Crippen molar-refractivity contribution in [1.82, 2.24) is 5.32 Å². The zero-order valence-electron chi connectivity index (χ0n) is 13.3. The summed E-state index contributed by atoms with van der Waals surface area (Å²) in [5.41, 5.74) is 1.60. The summed E-state index contributed by atoms with van der Waals surface area (Å²) in [6, 6.07) is 8.71. The van der Waals surface area contributed by atoms with Crippen LogP contribution in [0.3, 0.4) is 0 Å². The summed E-state index contributed by atoms with van der Waals surface area (Å²) in [4.78, 5) is 0. The summed E-state index contributed by atoms with van der Waals surface area (Å²) in [5, 5.41) is 3.65. The molecule has 1 atom stereocenters. The first-order chi connectivity index (χ1) is 8.86. The van der Waals surface area contributed by atoms with Crippen molar-refractivity contribution < 1.29 is 4.74 Å². The Morgan fingerprint density at radius 2 is 1.79 bits per heavy atom. The number of methoxy groups -OCH3 is 1. The highest BCUT2D eigenvalue weighted by Crippen LogP contribution is 2.25. The molecule has 0 amide bonds. The molecular weight excluding hydrogens is 234 g/mol. The van der Waals surface area contributed by atoms with Gasteiger partial charge >= 0.3 is 0 Å². The molecule has 108 valence electrons. The van der Waals surface area contributed by atoms with Crippen LogP contribution in [0.4, 0.5) is 0 Å². The van der Waals surface area contributed by atoms with E-state index in [0.29, 0.717) is 17.4 Å². The number of hydrogen-bond donors (Lipinski definition) is 1. The van der Waals surface area contributed by atoms with E-state index in [0.717, 1.165) is 18.7 Å². The summed E-state index contributed by atoms with van der Waals surface area (Å²) in [5.74, 6) is 1.66. The van der Waals surface area contributed by atoms with Gasteiger partial charge in [-0.15, -0.1) is 0 Å². The van der Waals surface area contributed by atoms with E-state index in [9.17, 15) is 0 Å². The summed E-state index contributed by atoms with van der Waals surface area (Å²) < 4.78 is 5.40. The van der Waals surface area contributed by atoms with Crippen LogP contribution in [-0.2, 0) is 6.42 Å². The lowest BCUT2D eigenvalue weighted by Crippen LogP contribution is -2.39. The molecule has 0 aromatic heterocycles. The summed E-state index contributed by atoms with van der Waals surface area (Å²) in [6.07, 6.45) is 0.998. The van der Waals surface area contributed by atoms with Crippen LogP contribution in [0.15, 0.2) is 24.3 Å². The molecule has 0 aliphatic rings. The molecule has 0 aliphatic carbocycles. The Kier molecular flexibility index (Phi) is 5.86. The third-order valence-electron chi connectivity index (χ3n) is 4.19. The fraction of sp³-hybridized carbons (Fsp3) is 0.647. The number of nitrogens with one attached hydrogen (secondary N) is 1. The average molecular weight is 263 g/mol. The second-order valence-corrected chi connectivity index (χ2v) is 6.44. The zero-order valence-corrected chi connectivity index (χ0v) is 13.3. The van der Waals surface area contributed by atoms with Gasteiger partial charge in [0.25, 0.3) is 0 Å². The van der Waals surface area contributed by atoms with E-state index in [4.69, 9.17) is 4.74 Å². The van der Waals surface area contributed by atoms with Crippen LogP contribution < -0.4 is 10.1 Å². The van der Waals surface area contributed by atoms with Gasteiger partial charge in [0, 0.05) is 12.6 Å². The van der Waals surface area contributed by atoms with E-state index in [1.165, 1.54) is 5.56 Å². The van der Waals surface area contributed by atoms with E-state index < -0.39 is 0 Å². The van der Waals surface area contributed by atoms with E-state index >= 15 is 0 Å². The topological polar surface area (TPSA) is 21.3 Å². The maximum atomic E-state index is 5.40. The monoisotopic (exact) mass is 263 g/mol. The van der Waals surface area contributed by atoms with Crippen LogP contribution in [0, 0.1) is 11.3 Å². The van der Waals surface area contributed by atoms with Crippen LogP contribution >= 0.6 is 0 Å². The maximum Gasteiger partial charge on any atom is 0.122 e. The molecule has 0 radical (unpaired) electrons. The molecule has 1 unspecified atom stereocenters. The van der Waals surface area contributed by atoms with E-state index in [1.807, 2.05) is 12.1 Å². The first-order valence-corrected chi connectivity index (χ1v) is 7.22. The minimum Gasteiger partial charge on any atom is -0.496 e. The van der Waals surface area contributed by atoms with Crippen molar-refractivity contribution in [2.75, 3.05) is 13.7 Å². The lowest BCUT2D eigenvalue weighted by molar-refractivity contribution is 0.229. The molecule has 0 saturated heterocycles. The van der Waals surface area contributed by atoms with Crippen molar-refractivity contribution in [3.05, 3.63) is 29.8 Å². The highest BCUT2D eigenvalue weighted by molar-refractivity contribution is 5.33. The highest BCUT2D eigenvalue weighted by atomic mass is 16.5. The largest absolute Gasteiger partial charge is 0.496 e. The number of benzene rings is 1. The summed E-state index contributed by atoms with van der Waals surface area (Å²) >= 11 is 0. The minimum absolute atomic E-state index is 0.328. The van der Waals surface area contributed by atoms with Crippen LogP contribution in [0.2, 0.25) is 0 Å². The molecule has 0 bridgehead atoms. The zero-order chi connectivity index (χ0) is 14.5. The Morgan fingerprint density at radius 1 is 1.16 bits per heavy atom. The van der Waals surface area contributed by atoms with Gasteiger partial charge in [-0.25, -0.2) is 0 Å². The van der Waals surface area contributed by atoms with Crippen molar-refractivity contribution in [2.45, 2.75) is 47.1 Å². The number of rotatable bonds is 7. The fourth-order valence-electron chi connectivity index (χ4n) is 1.92. The summed E-state index contributed by atoms with van der Waals surface area (Å²) in [7, 11) is 1.73.